The van der Waals surface area contributed by atoms with Crippen LogP contribution in [0.3, 0.4) is 0 Å². The predicted molar refractivity (Wildman–Crippen MR) is 114 cm³/mol. The van der Waals surface area contributed by atoms with Crippen LogP contribution in [0.15, 0.2) is 35.9 Å². The van der Waals surface area contributed by atoms with Gasteiger partial charge in [0.15, 0.2) is 0 Å². The Bertz CT molecular complexity index is 760. The number of aromatic nitrogens is 2. The highest BCUT2D eigenvalue weighted by Gasteiger charge is 2.20. The fourth-order valence-corrected chi connectivity index (χ4v) is 3.49. The summed E-state index contributed by atoms with van der Waals surface area (Å²) in [6, 6.07) is 8.65. The first-order valence-electron chi connectivity index (χ1n) is 9.98. The minimum absolute atomic E-state index is 0.441. The second-order valence-corrected chi connectivity index (χ2v) is 7.46. The van der Waals surface area contributed by atoms with Crippen molar-refractivity contribution in [1.82, 2.24) is 14.9 Å². The lowest BCUT2D eigenvalue weighted by molar-refractivity contribution is 0.224. The normalized spacial score (nSPS) is 15.7. The summed E-state index contributed by atoms with van der Waals surface area (Å²) in [5, 5.41) is 8.12. The average Bonchev–Trinajstić information content (AvgIpc) is 2.67. The van der Waals surface area contributed by atoms with Crippen molar-refractivity contribution in [3.63, 3.8) is 0 Å². The zero-order valence-electron chi connectivity index (χ0n) is 16.5. The van der Waals surface area contributed by atoms with E-state index >= 15 is 0 Å². The van der Waals surface area contributed by atoms with Gasteiger partial charge in [-0.3, -0.25) is 0 Å². The number of nitrogens with two attached hydrogens (primary N) is 1. The Kier molecular flexibility index (Phi) is 7.01. The highest BCUT2D eigenvalue weighted by Crippen LogP contribution is 2.24. The van der Waals surface area contributed by atoms with E-state index in [1.54, 1.807) is 0 Å². The number of nitrogens with zero attached hydrogens (tertiary/aromatic N) is 3. The molecule has 0 bridgehead atoms. The van der Waals surface area contributed by atoms with E-state index in [2.05, 4.69) is 46.5 Å². The van der Waals surface area contributed by atoms with Gasteiger partial charge in [0.25, 0.3) is 0 Å². The molecule has 0 atom stereocenters. The summed E-state index contributed by atoms with van der Waals surface area (Å²) in [4.78, 5) is 11.9. The molecular formula is C21H32N6. The molecule has 3 rings (SSSR count). The van der Waals surface area contributed by atoms with Crippen molar-refractivity contribution < 1.29 is 0 Å². The van der Waals surface area contributed by atoms with Crippen molar-refractivity contribution in [1.29, 1.82) is 0 Å². The van der Waals surface area contributed by atoms with E-state index in [9.17, 15) is 0 Å². The number of hydrogen-bond acceptors (Lipinski definition) is 6. The molecule has 146 valence electrons. The second-order valence-electron chi connectivity index (χ2n) is 7.46. The number of rotatable bonds is 8. The summed E-state index contributed by atoms with van der Waals surface area (Å²) in [7, 11) is 0. The van der Waals surface area contributed by atoms with Crippen LogP contribution >= 0.6 is 0 Å². The van der Waals surface area contributed by atoms with Crippen molar-refractivity contribution in [3.8, 4) is 0 Å². The lowest BCUT2D eigenvalue weighted by Gasteiger charge is -2.32. The van der Waals surface area contributed by atoms with E-state index < -0.39 is 0 Å². The highest BCUT2D eigenvalue weighted by atomic mass is 15.2. The lowest BCUT2D eigenvalue weighted by atomic mass is 10.0. The highest BCUT2D eigenvalue weighted by molar-refractivity contribution is 5.90. The van der Waals surface area contributed by atoms with Crippen LogP contribution in [-0.4, -0.2) is 53.6 Å². The van der Waals surface area contributed by atoms with E-state index in [4.69, 9.17) is 10.7 Å². The van der Waals surface area contributed by atoms with Gasteiger partial charge in [0.1, 0.15) is 5.82 Å². The van der Waals surface area contributed by atoms with Crippen LogP contribution in [0.1, 0.15) is 33.1 Å². The molecule has 0 unspecified atom stereocenters. The average molecular weight is 369 g/mol. The van der Waals surface area contributed by atoms with Crippen molar-refractivity contribution in [2.24, 2.45) is 5.73 Å². The van der Waals surface area contributed by atoms with Crippen molar-refractivity contribution in [3.05, 3.63) is 35.9 Å². The first kappa shape index (κ1) is 19.6. The van der Waals surface area contributed by atoms with Gasteiger partial charge in [-0.25, -0.2) is 4.98 Å². The number of para-hydroxylation sites is 1. The number of likely N-dealkylation sites (tertiary alicyclic amines) is 1. The molecular weight excluding hydrogens is 336 g/mol. The lowest BCUT2D eigenvalue weighted by Crippen LogP contribution is -2.41. The molecule has 0 radical (unpaired) electrons. The van der Waals surface area contributed by atoms with Crippen LogP contribution in [0.25, 0.3) is 10.9 Å². The molecule has 1 fully saturated rings. The maximum Gasteiger partial charge on any atom is 0.225 e. The molecule has 27 heavy (non-hydrogen) atoms. The molecule has 0 aliphatic carbocycles. The van der Waals surface area contributed by atoms with E-state index in [1.807, 2.05) is 18.2 Å². The number of benzene rings is 1. The molecule has 2 aromatic rings. The number of hydrogen-bond donors (Lipinski definition) is 3. The number of nitrogens with one attached hydrogen (secondary N) is 2. The number of fused-ring (bicyclic) bond motifs is 1. The summed E-state index contributed by atoms with van der Waals surface area (Å²) in [5.41, 5.74) is 7.98. The molecule has 1 aliphatic heterocycles. The molecule has 0 amide bonds. The maximum atomic E-state index is 5.68. The van der Waals surface area contributed by atoms with Gasteiger partial charge in [-0.1, -0.05) is 23.8 Å². The van der Waals surface area contributed by atoms with Crippen molar-refractivity contribution in [2.45, 2.75) is 39.2 Å². The third-order valence-corrected chi connectivity index (χ3v) is 4.96. The Morgan fingerprint density at radius 2 is 2.00 bits per heavy atom. The van der Waals surface area contributed by atoms with Gasteiger partial charge >= 0.3 is 0 Å². The third-order valence-electron chi connectivity index (χ3n) is 4.96. The Hall–Kier alpha value is -2.18. The van der Waals surface area contributed by atoms with Gasteiger partial charge in [0, 0.05) is 44.2 Å². The summed E-state index contributed by atoms with van der Waals surface area (Å²) < 4.78 is 0. The minimum Gasteiger partial charge on any atom is -0.367 e. The van der Waals surface area contributed by atoms with Crippen LogP contribution in [0, 0.1) is 0 Å². The van der Waals surface area contributed by atoms with Gasteiger partial charge in [0.2, 0.25) is 5.95 Å². The Labute approximate surface area is 162 Å². The van der Waals surface area contributed by atoms with Crippen LogP contribution < -0.4 is 16.4 Å². The molecule has 2 heterocycles. The molecule has 1 saturated heterocycles. The second kappa shape index (κ2) is 9.67. The molecule has 6 nitrogen and oxygen atoms in total. The van der Waals surface area contributed by atoms with Crippen LogP contribution in [0.2, 0.25) is 0 Å². The smallest absolute Gasteiger partial charge is 0.225 e. The van der Waals surface area contributed by atoms with E-state index in [0.29, 0.717) is 12.0 Å². The molecule has 1 aromatic carbocycles. The van der Waals surface area contributed by atoms with Gasteiger partial charge in [0.05, 0.1) is 5.52 Å². The summed E-state index contributed by atoms with van der Waals surface area (Å²) >= 11 is 0. The molecule has 0 saturated carbocycles. The fraction of sp³-hybridized carbons (Fsp3) is 0.524. The van der Waals surface area contributed by atoms with Crippen molar-refractivity contribution in [2.75, 3.05) is 43.4 Å². The zero-order chi connectivity index (χ0) is 19.1. The van der Waals surface area contributed by atoms with Gasteiger partial charge in [-0.05, 0) is 45.2 Å². The van der Waals surface area contributed by atoms with Gasteiger partial charge < -0.3 is 21.3 Å². The number of anilines is 2. The first-order valence-corrected chi connectivity index (χ1v) is 9.98. The minimum atomic E-state index is 0.441. The molecule has 4 N–H and O–H groups in total. The monoisotopic (exact) mass is 368 g/mol. The molecule has 0 spiro atoms. The van der Waals surface area contributed by atoms with Crippen LogP contribution in [0.5, 0.6) is 0 Å². The number of allylic oxidation sites excluding steroid dienone is 1. The largest absolute Gasteiger partial charge is 0.367 e. The maximum absolute atomic E-state index is 5.68. The standard InChI is InChI=1S/C21H32N6/c1-16(2)6-5-12-23-21-25-19-8-4-3-7-18(19)20(26-21)24-17-9-13-27(14-10-17)15-11-22/h3-4,6-8,17H,5,9-15,22H2,1-2H3,(H2,23,24,25,26). The van der Waals surface area contributed by atoms with Gasteiger partial charge in [-0.15, -0.1) is 0 Å². The topological polar surface area (TPSA) is 79.1 Å². The van der Waals surface area contributed by atoms with Gasteiger partial charge in [-0.2, -0.15) is 4.98 Å². The quantitative estimate of drug-likeness (QED) is 0.490. The molecule has 1 aromatic heterocycles. The summed E-state index contributed by atoms with van der Waals surface area (Å²) in [6.45, 7) is 8.97. The molecule has 1 aliphatic rings. The SMILES string of the molecule is CC(C)=CCCNc1nc(NC2CCN(CCN)CC2)c2ccccc2n1. The number of piperidine rings is 1. The first-order chi connectivity index (χ1) is 13.2. The van der Waals surface area contributed by atoms with Crippen LogP contribution in [-0.2, 0) is 0 Å². The molecule has 6 heteroatoms. The van der Waals surface area contributed by atoms with E-state index in [0.717, 1.165) is 68.7 Å². The zero-order valence-corrected chi connectivity index (χ0v) is 16.5. The predicted octanol–water partition coefficient (Wildman–Crippen LogP) is 3.23. The summed E-state index contributed by atoms with van der Waals surface area (Å²) in [5.74, 6) is 1.63. The Morgan fingerprint density at radius 3 is 2.74 bits per heavy atom. The Morgan fingerprint density at radius 1 is 1.22 bits per heavy atom. The third kappa shape index (κ3) is 5.65. The fourth-order valence-electron chi connectivity index (χ4n) is 3.49. The summed E-state index contributed by atoms with van der Waals surface area (Å²) in [6.07, 6.45) is 5.42. The van der Waals surface area contributed by atoms with E-state index in [-0.39, 0.29) is 0 Å². The van der Waals surface area contributed by atoms with Crippen LogP contribution in [0.4, 0.5) is 11.8 Å². The van der Waals surface area contributed by atoms with E-state index in [1.165, 1.54) is 5.57 Å². The van der Waals surface area contributed by atoms with Crippen molar-refractivity contribution >= 4 is 22.7 Å². The Balaban J connectivity index is 1.70.